The van der Waals surface area contributed by atoms with Crippen molar-refractivity contribution in [2.45, 2.75) is 19.8 Å². The summed E-state index contributed by atoms with van der Waals surface area (Å²) in [6, 6.07) is 36.9. The molecule has 32 heavy (non-hydrogen) atoms. The van der Waals surface area contributed by atoms with Gasteiger partial charge in [0.2, 0.25) is 0 Å². The standard InChI is InChI=1S/C31H24O/c1-20(2)22-15-16-23-18-29(28(19-24(23)17-22)21-9-4-3-5-10-21)27-13-8-12-26-25-11-6-7-14-30(25)32-31(26)27/h3-20H,1-2H3. The highest BCUT2D eigenvalue weighted by Crippen LogP contribution is 2.41. The zero-order valence-electron chi connectivity index (χ0n) is 18.3. The van der Waals surface area contributed by atoms with E-state index in [2.05, 4.69) is 105 Å². The van der Waals surface area contributed by atoms with Crippen LogP contribution in [0.3, 0.4) is 0 Å². The predicted molar refractivity (Wildman–Crippen MR) is 136 cm³/mol. The van der Waals surface area contributed by atoms with Crippen LogP contribution in [0.1, 0.15) is 25.3 Å². The fourth-order valence-corrected chi connectivity index (χ4v) is 4.71. The summed E-state index contributed by atoms with van der Waals surface area (Å²) in [7, 11) is 0. The molecule has 0 fully saturated rings. The van der Waals surface area contributed by atoms with Crippen LogP contribution in [0.15, 0.2) is 108 Å². The molecule has 0 unspecified atom stereocenters. The van der Waals surface area contributed by atoms with Crippen LogP contribution in [0.5, 0.6) is 0 Å². The smallest absolute Gasteiger partial charge is 0.143 e. The van der Waals surface area contributed by atoms with Gasteiger partial charge in [-0.25, -0.2) is 0 Å². The molecule has 0 radical (unpaired) electrons. The van der Waals surface area contributed by atoms with Gasteiger partial charge in [-0.3, -0.25) is 0 Å². The largest absolute Gasteiger partial charge is 0.455 e. The van der Waals surface area contributed by atoms with E-state index >= 15 is 0 Å². The molecule has 0 saturated heterocycles. The van der Waals surface area contributed by atoms with Crippen molar-refractivity contribution in [1.82, 2.24) is 0 Å². The molecule has 0 amide bonds. The van der Waals surface area contributed by atoms with Crippen LogP contribution in [-0.2, 0) is 0 Å². The summed E-state index contributed by atoms with van der Waals surface area (Å²) in [4.78, 5) is 0. The van der Waals surface area contributed by atoms with Crippen LogP contribution in [0.4, 0.5) is 0 Å². The molecular weight excluding hydrogens is 388 g/mol. The molecular formula is C31H24O. The summed E-state index contributed by atoms with van der Waals surface area (Å²) in [5, 5.41) is 4.84. The van der Waals surface area contributed by atoms with Gasteiger partial charge in [0, 0.05) is 16.3 Å². The number of fused-ring (bicyclic) bond motifs is 4. The number of rotatable bonds is 3. The van der Waals surface area contributed by atoms with Gasteiger partial charge in [0.05, 0.1) is 0 Å². The van der Waals surface area contributed by atoms with Crippen molar-refractivity contribution < 1.29 is 4.42 Å². The van der Waals surface area contributed by atoms with Gasteiger partial charge in [0.1, 0.15) is 11.2 Å². The van der Waals surface area contributed by atoms with Gasteiger partial charge in [-0.05, 0) is 57.1 Å². The van der Waals surface area contributed by atoms with E-state index < -0.39 is 0 Å². The highest BCUT2D eigenvalue weighted by atomic mass is 16.3. The van der Waals surface area contributed by atoms with Crippen molar-refractivity contribution >= 4 is 32.7 Å². The lowest BCUT2D eigenvalue weighted by Crippen LogP contribution is -1.90. The molecule has 1 heteroatoms. The summed E-state index contributed by atoms with van der Waals surface area (Å²) < 4.78 is 6.39. The van der Waals surface area contributed by atoms with Gasteiger partial charge < -0.3 is 4.42 Å². The monoisotopic (exact) mass is 412 g/mol. The first-order chi connectivity index (χ1) is 15.7. The molecule has 6 rings (SSSR count). The lowest BCUT2D eigenvalue weighted by atomic mass is 9.89. The van der Waals surface area contributed by atoms with Crippen molar-refractivity contribution in [2.24, 2.45) is 0 Å². The molecule has 0 N–H and O–H groups in total. The van der Waals surface area contributed by atoms with Crippen molar-refractivity contribution in [3.05, 3.63) is 109 Å². The Morgan fingerprint density at radius 2 is 1.31 bits per heavy atom. The van der Waals surface area contributed by atoms with Gasteiger partial charge in [-0.15, -0.1) is 0 Å². The zero-order chi connectivity index (χ0) is 21.7. The maximum Gasteiger partial charge on any atom is 0.143 e. The Balaban J connectivity index is 1.69. The average molecular weight is 413 g/mol. The van der Waals surface area contributed by atoms with E-state index in [0.717, 1.165) is 27.5 Å². The second kappa shape index (κ2) is 7.39. The summed E-state index contributed by atoms with van der Waals surface area (Å²) >= 11 is 0. The van der Waals surface area contributed by atoms with Crippen molar-refractivity contribution in [3.63, 3.8) is 0 Å². The van der Waals surface area contributed by atoms with E-state index in [0.29, 0.717) is 5.92 Å². The molecule has 1 nitrogen and oxygen atoms in total. The third-order valence-electron chi connectivity index (χ3n) is 6.45. The maximum absolute atomic E-state index is 6.39. The summed E-state index contributed by atoms with van der Waals surface area (Å²) in [5.41, 5.74) is 8.02. The Kier molecular flexibility index (Phi) is 4.36. The minimum atomic E-state index is 0.503. The van der Waals surface area contributed by atoms with E-state index in [1.807, 2.05) is 12.1 Å². The summed E-state index contributed by atoms with van der Waals surface area (Å²) in [5.74, 6) is 0.503. The molecule has 154 valence electrons. The molecule has 5 aromatic carbocycles. The summed E-state index contributed by atoms with van der Waals surface area (Å²) in [6.45, 7) is 4.49. The van der Waals surface area contributed by atoms with Gasteiger partial charge >= 0.3 is 0 Å². The van der Waals surface area contributed by atoms with Gasteiger partial charge in [-0.2, -0.15) is 0 Å². The third-order valence-corrected chi connectivity index (χ3v) is 6.45. The first-order valence-electron chi connectivity index (χ1n) is 11.2. The van der Waals surface area contributed by atoms with Crippen LogP contribution in [-0.4, -0.2) is 0 Å². The lowest BCUT2D eigenvalue weighted by molar-refractivity contribution is 0.670. The molecule has 0 atom stereocenters. The SMILES string of the molecule is CC(C)c1ccc2cc(-c3cccc4c3oc3ccccc34)c(-c3ccccc3)cc2c1. The first kappa shape index (κ1) is 18.9. The number of para-hydroxylation sites is 2. The molecule has 1 aromatic heterocycles. The Hall–Kier alpha value is -3.84. The van der Waals surface area contributed by atoms with Crippen molar-refractivity contribution in [1.29, 1.82) is 0 Å². The van der Waals surface area contributed by atoms with Gasteiger partial charge in [0.15, 0.2) is 0 Å². The second-order valence-corrected chi connectivity index (χ2v) is 8.81. The van der Waals surface area contributed by atoms with E-state index in [-0.39, 0.29) is 0 Å². The molecule has 6 aromatic rings. The highest BCUT2D eigenvalue weighted by molar-refractivity contribution is 6.11. The molecule has 0 aliphatic heterocycles. The fraction of sp³-hybridized carbons (Fsp3) is 0.0968. The minimum absolute atomic E-state index is 0.503. The number of furan rings is 1. The normalized spacial score (nSPS) is 11.7. The van der Waals surface area contributed by atoms with Crippen molar-refractivity contribution in [2.75, 3.05) is 0 Å². The maximum atomic E-state index is 6.39. The highest BCUT2D eigenvalue weighted by Gasteiger charge is 2.16. The van der Waals surface area contributed by atoms with Crippen LogP contribution in [0, 0.1) is 0 Å². The molecule has 0 spiro atoms. The number of hydrogen-bond donors (Lipinski definition) is 0. The molecule has 0 aliphatic carbocycles. The zero-order valence-corrected chi connectivity index (χ0v) is 18.3. The average Bonchev–Trinajstić information content (AvgIpc) is 3.22. The fourth-order valence-electron chi connectivity index (χ4n) is 4.71. The van der Waals surface area contributed by atoms with Crippen molar-refractivity contribution in [3.8, 4) is 22.3 Å². The van der Waals surface area contributed by atoms with Crippen LogP contribution >= 0.6 is 0 Å². The predicted octanol–water partition coefficient (Wildman–Crippen LogP) is 9.20. The molecule has 0 saturated carbocycles. The van der Waals surface area contributed by atoms with E-state index in [4.69, 9.17) is 4.42 Å². The van der Waals surface area contributed by atoms with E-state index in [1.54, 1.807) is 0 Å². The van der Waals surface area contributed by atoms with Crippen LogP contribution < -0.4 is 0 Å². The lowest BCUT2D eigenvalue weighted by Gasteiger charge is -2.14. The minimum Gasteiger partial charge on any atom is -0.455 e. The Morgan fingerprint density at radius 3 is 2.16 bits per heavy atom. The van der Waals surface area contributed by atoms with Gasteiger partial charge in [0.25, 0.3) is 0 Å². The Labute approximate surface area is 187 Å². The van der Waals surface area contributed by atoms with Crippen LogP contribution in [0.2, 0.25) is 0 Å². The second-order valence-electron chi connectivity index (χ2n) is 8.81. The topological polar surface area (TPSA) is 13.1 Å². The number of hydrogen-bond acceptors (Lipinski definition) is 1. The Bertz CT molecular complexity index is 1590. The molecule has 0 bridgehead atoms. The first-order valence-corrected chi connectivity index (χ1v) is 11.2. The van der Waals surface area contributed by atoms with E-state index in [9.17, 15) is 0 Å². The molecule has 1 heterocycles. The number of benzene rings is 5. The third kappa shape index (κ3) is 3.01. The van der Waals surface area contributed by atoms with E-state index in [1.165, 1.54) is 33.0 Å². The summed E-state index contributed by atoms with van der Waals surface area (Å²) in [6.07, 6.45) is 0. The van der Waals surface area contributed by atoms with Crippen LogP contribution in [0.25, 0.3) is 55.0 Å². The van der Waals surface area contributed by atoms with Gasteiger partial charge in [-0.1, -0.05) is 98.8 Å². The quantitative estimate of drug-likeness (QED) is 0.282. The molecule has 0 aliphatic rings. The Morgan fingerprint density at radius 1 is 0.562 bits per heavy atom.